The molecule has 1 unspecified atom stereocenters. The van der Waals surface area contributed by atoms with Gasteiger partial charge in [0.25, 0.3) is 0 Å². The summed E-state index contributed by atoms with van der Waals surface area (Å²) < 4.78 is 0. The second-order valence-corrected chi connectivity index (χ2v) is 17.6. The molecule has 0 aromatic heterocycles. The molecule has 2 heteroatoms. The molecule has 2 aliphatic rings. The minimum atomic E-state index is -0.524. The Hall–Kier alpha value is -8.72. The van der Waals surface area contributed by atoms with Crippen molar-refractivity contribution in [3.8, 4) is 44.5 Å². The molecule has 0 fully saturated rings. The van der Waals surface area contributed by atoms with Crippen LogP contribution < -0.4 is 9.80 Å². The maximum absolute atomic E-state index is 2.50. The Morgan fingerprint density at radius 1 is 0.239 bits per heavy atom. The molecule has 67 heavy (non-hydrogen) atoms. The van der Waals surface area contributed by atoms with E-state index in [0.717, 1.165) is 45.3 Å². The number of rotatable bonds is 8. The third-order valence-electron chi connectivity index (χ3n) is 14.0. The summed E-state index contributed by atoms with van der Waals surface area (Å²) in [5, 5.41) is 2.55. The molecular weight excluding hydrogens is 809 g/mol. The van der Waals surface area contributed by atoms with Crippen LogP contribution in [0.4, 0.5) is 34.1 Å². The maximum atomic E-state index is 2.50. The van der Waals surface area contributed by atoms with Gasteiger partial charge in [0.1, 0.15) is 0 Å². The van der Waals surface area contributed by atoms with Crippen LogP contribution in [0.1, 0.15) is 22.3 Å². The zero-order chi connectivity index (χ0) is 44.3. The van der Waals surface area contributed by atoms with Crippen molar-refractivity contribution >= 4 is 44.9 Å². The molecule has 11 aromatic carbocycles. The molecule has 13 rings (SSSR count). The summed E-state index contributed by atoms with van der Waals surface area (Å²) >= 11 is 0. The summed E-state index contributed by atoms with van der Waals surface area (Å²) in [7, 11) is 0. The van der Waals surface area contributed by atoms with Gasteiger partial charge in [-0.2, -0.15) is 0 Å². The first-order valence-electron chi connectivity index (χ1n) is 23.2. The van der Waals surface area contributed by atoms with Crippen LogP contribution in [-0.4, -0.2) is 0 Å². The van der Waals surface area contributed by atoms with E-state index in [1.54, 1.807) is 0 Å². The fourth-order valence-electron chi connectivity index (χ4n) is 11.2. The number of benzene rings is 11. The Bertz CT molecular complexity index is 3610. The Morgan fingerprint density at radius 2 is 0.672 bits per heavy atom. The first-order chi connectivity index (χ1) is 33.2. The zero-order valence-corrected chi connectivity index (χ0v) is 36.8. The molecule has 314 valence electrons. The molecule has 0 N–H and O–H groups in total. The third kappa shape index (κ3) is 6.18. The molecule has 1 spiro atoms. The van der Waals surface area contributed by atoms with Gasteiger partial charge in [-0.05, 0) is 144 Å². The highest BCUT2D eigenvalue weighted by Crippen LogP contribution is 2.64. The summed E-state index contributed by atoms with van der Waals surface area (Å²) in [6.07, 6.45) is 0. The van der Waals surface area contributed by atoms with E-state index in [9.17, 15) is 0 Å². The Balaban J connectivity index is 1.06. The van der Waals surface area contributed by atoms with E-state index in [0.29, 0.717) is 0 Å². The zero-order valence-electron chi connectivity index (χ0n) is 36.8. The van der Waals surface area contributed by atoms with Crippen LogP contribution in [0.3, 0.4) is 0 Å². The highest BCUT2D eigenvalue weighted by atomic mass is 15.2. The average Bonchev–Trinajstić information content (AvgIpc) is 3.87. The van der Waals surface area contributed by atoms with Crippen LogP contribution in [0, 0.1) is 0 Å². The topological polar surface area (TPSA) is 6.48 Å². The molecule has 11 aromatic rings. The van der Waals surface area contributed by atoms with Crippen LogP contribution in [0.25, 0.3) is 55.3 Å². The highest BCUT2D eigenvalue weighted by molar-refractivity contribution is 6.04. The lowest BCUT2D eigenvalue weighted by Crippen LogP contribution is -2.26. The van der Waals surface area contributed by atoms with Gasteiger partial charge in [-0.25, -0.2) is 0 Å². The predicted octanol–water partition coefficient (Wildman–Crippen LogP) is 17.5. The van der Waals surface area contributed by atoms with Gasteiger partial charge in [0.2, 0.25) is 0 Å². The molecule has 0 saturated carbocycles. The average molecular weight is 853 g/mol. The fraction of sp³-hybridized carbons (Fsp3) is 0.0154. The Morgan fingerprint density at radius 3 is 1.30 bits per heavy atom. The van der Waals surface area contributed by atoms with Gasteiger partial charge in [0.15, 0.2) is 0 Å². The lowest BCUT2D eigenvalue weighted by molar-refractivity contribution is 0.801. The Kier molecular flexibility index (Phi) is 9.11. The minimum Gasteiger partial charge on any atom is -0.310 e. The number of nitrogens with zero attached hydrogens (tertiary/aromatic N) is 2. The van der Waals surface area contributed by atoms with Crippen molar-refractivity contribution in [2.24, 2.45) is 0 Å². The van der Waals surface area contributed by atoms with Crippen LogP contribution in [0.5, 0.6) is 0 Å². The SMILES string of the molecule is c1ccc(-c2ccc(N(c3ccccc3)c3cc(-c4ccccc4)cc(N(c4ccccc4)c4ccc5c(c4)C4(c6ccccc6-5)c5ccccc5-c5ccc6ccccc6c54)c3)cc2)cc1. The normalized spacial score (nSPS) is 14.0. The van der Waals surface area contributed by atoms with E-state index in [1.807, 2.05) is 0 Å². The van der Waals surface area contributed by atoms with Gasteiger partial charge >= 0.3 is 0 Å². The van der Waals surface area contributed by atoms with E-state index in [-0.39, 0.29) is 0 Å². The molecule has 0 bridgehead atoms. The molecule has 0 amide bonds. The van der Waals surface area contributed by atoms with Crippen molar-refractivity contribution < 1.29 is 0 Å². The summed E-state index contributed by atoms with van der Waals surface area (Å²) in [4.78, 5) is 4.85. The maximum Gasteiger partial charge on any atom is 0.0732 e. The summed E-state index contributed by atoms with van der Waals surface area (Å²) in [6.45, 7) is 0. The van der Waals surface area contributed by atoms with Crippen molar-refractivity contribution in [1.82, 2.24) is 0 Å². The largest absolute Gasteiger partial charge is 0.310 e. The third-order valence-corrected chi connectivity index (χ3v) is 14.0. The standard InChI is InChI=1S/C65H44N2/c1-5-19-45(20-6-1)47-33-36-52(37-34-47)66(50-24-9-3-10-25-50)54-41-49(46-21-7-2-8-22-46)42-55(43-54)67(51-26-11-4-12-27-51)53-38-40-59-57-29-15-17-31-61(57)65(63(59)44-53)62-32-18-16-30-58(62)60-39-35-48-23-13-14-28-56(48)64(60)65/h1-44H. The van der Waals surface area contributed by atoms with Gasteiger partial charge < -0.3 is 9.80 Å². The van der Waals surface area contributed by atoms with Crippen LogP contribution in [0.15, 0.2) is 267 Å². The first-order valence-corrected chi connectivity index (χ1v) is 23.2. The molecule has 0 aliphatic heterocycles. The quantitative estimate of drug-likeness (QED) is 0.150. The van der Waals surface area contributed by atoms with Gasteiger partial charge in [0, 0.05) is 34.1 Å². The highest BCUT2D eigenvalue weighted by Gasteiger charge is 2.52. The predicted molar refractivity (Wildman–Crippen MR) is 280 cm³/mol. The number of hydrogen-bond acceptors (Lipinski definition) is 2. The second-order valence-electron chi connectivity index (χ2n) is 17.6. The van der Waals surface area contributed by atoms with E-state index >= 15 is 0 Å². The van der Waals surface area contributed by atoms with Crippen LogP contribution in [-0.2, 0) is 5.41 Å². The first kappa shape index (κ1) is 38.7. The number of hydrogen-bond donors (Lipinski definition) is 0. The lowest BCUT2D eigenvalue weighted by atomic mass is 9.69. The van der Waals surface area contributed by atoms with E-state index < -0.39 is 5.41 Å². The van der Waals surface area contributed by atoms with Crippen molar-refractivity contribution in [2.75, 3.05) is 9.80 Å². The van der Waals surface area contributed by atoms with Gasteiger partial charge in [-0.1, -0.05) is 200 Å². The molecule has 0 heterocycles. The van der Waals surface area contributed by atoms with Gasteiger partial charge in [-0.15, -0.1) is 0 Å². The van der Waals surface area contributed by atoms with Crippen molar-refractivity contribution in [1.29, 1.82) is 0 Å². The van der Waals surface area contributed by atoms with Crippen LogP contribution >= 0.6 is 0 Å². The molecule has 2 nitrogen and oxygen atoms in total. The fourth-order valence-corrected chi connectivity index (χ4v) is 11.2. The lowest BCUT2D eigenvalue weighted by Gasteiger charge is -2.33. The molecule has 2 aliphatic carbocycles. The minimum absolute atomic E-state index is 0.524. The summed E-state index contributed by atoms with van der Waals surface area (Å²) in [5.41, 5.74) is 21.1. The van der Waals surface area contributed by atoms with E-state index in [1.165, 1.54) is 66.4 Å². The monoisotopic (exact) mass is 852 g/mol. The Labute approximate surface area is 391 Å². The smallest absolute Gasteiger partial charge is 0.0732 e. The second kappa shape index (κ2) is 15.8. The van der Waals surface area contributed by atoms with E-state index in [4.69, 9.17) is 0 Å². The molecule has 0 radical (unpaired) electrons. The van der Waals surface area contributed by atoms with Crippen molar-refractivity contribution in [2.45, 2.75) is 5.41 Å². The molecule has 0 saturated heterocycles. The van der Waals surface area contributed by atoms with Crippen LogP contribution in [0.2, 0.25) is 0 Å². The molecular formula is C65H44N2. The van der Waals surface area contributed by atoms with Crippen molar-refractivity contribution in [3.05, 3.63) is 289 Å². The number of fused-ring (bicyclic) bond motifs is 12. The summed E-state index contributed by atoms with van der Waals surface area (Å²) in [5.74, 6) is 0. The van der Waals surface area contributed by atoms with Gasteiger partial charge in [-0.3, -0.25) is 0 Å². The van der Waals surface area contributed by atoms with Crippen molar-refractivity contribution in [3.63, 3.8) is 0 Å². The number of para-hydroxylation sites is 2. The number of anilines is 6. The molecule has 1 atom stereocenters. The van der Waals surface area contributed by atoms with E-state index in [2.05, 4.69) is 277 Å². The van der Waals surface area contributed by atoms with Gasteiger partial charge in [0.05, 0.1) is 5.41 Å². The summed E-state index contributed by atoms with van der Waals surface area (Å²) in [6, 6.07) is 98.1.